The molecule has 73 valence electrons. The maximum Gasteiger partial charge on any atom is 0.271 e. The quantitative estimate of drug-likeness (QED) is 0.392. The molecule has 2 N–H and O–H groups in total. The summed E-state index contributed by atoms with van der Waals surface area (Å²) in [5.41, 5.74) is 0. The Labute approximate surface area is 98.3 Å². The largest absolute Gasteiger partial charge is 0.391 e. The molecule has 2 unspecified atom stereocenters. The van der Waals surface area contributed by atoms with Crippen molar-refractivity contribution in [2.75, 3.05) is 11.5 Å². The van der Waals surface area contributed by atoms with Gasteiger partial charge in [0.15, 0.2) is 9.84 Å². The van der Waals surface area contributed by atoms with Crippen LogP contribution in [0.5, 0.6) is 0 Å². The Hall–Kier alpha value is 0.820. The van der Waals surface area contributed by atoms with Crippen molar-refractivity contribution < 1.29 is 26.5 Å². The van der Waals surface area contributed by atoms with E-state index in [1.54, 1.807) is 0 Å². The van der Waals surface area contributed by atoms with Gasteiger partial charge in [0.25, 0.3) is 10.1 Å². The van der Waals surface area contributed by atoms with E-state index < -0.39 is 42.8 Å². The van der Waals surface area contributed by atoms with Crippen molar-refractivity contribution in [3.63, 3.8) is 0 Å². The second-order valence-electron chi connectivity index (χ2n) is 2.70. The summed E-state index contributed by atoms with van der Waals surface area (Å²) in [6.45, 7) is 0. The van der Waals surface area contributed by atoms with Gasteiger partial charge in [-0.1, -0.05) is 0 Å². The summed E-state index contributed by atoms with van der Waals surface area (Å²) >= 11 is 0. The summed E-state index contributed by atoms with van der Waals surface area (Å²) in [5, 5.41) is 7.36. The molecule has 1 fully saturated rings. The molecule has 1 saturated heterocycles. The summed E-state index contributed by atoms with van der Waals surface area (Å²) in [5.74, 6) is -1.30. The van der Waals surface area contributed by atoms with E-state index in [1.165, 1.54) is 0 Å². The average Bonchev–Trinajstić information content (AvgIpc) is 2.03. The molecule has 0 saturated carbocycles. The Morgan fingerprint density at radius 3 is 1.85 bits per heavy atom. The van der Waals surface area contributed by atoms with Gasteiger partial charge in [-0.25, -0.2) is 8.42 Å². The second-order valence-corrected chi connectivity index (χ2v) is 6.49. The average molecular weight is 239 g/mol. The first-order valence-electron chi connectivity index (χ1n) is 3.07. The number of hydrogen-bond donors (Lipinski definition) is 2. The summed E-state index contributed by atoms with van der Waals surface area (Å²) in [6, 6.07) is 0. The smallest absolute Gasteiger partial charge is 0.271 e. The van der Waals surface area contributed by atoms with E-state index in [2.05, 4.69) is 0 Å². The Bertz CT molecular complexity index is 369. The molecule has 2 atom stereocenters. The molecule has 6 nitrogen and oxygen atoms in total. The van der Waals surface area contributed by atoms with Crippen LogP contribution in [0.2, 0.25) is 0 Å². The van der Waals surface area contributed by atoms with Gasteiger partial charge in [0.05, 0.1) is 17.6 Å². The van der Waals surface area contributed by atoms with Crippen LogP contribution in [0.1, 0.15) is 0 Å². The van der Waals surface area contributed by atoms with Crippen LogP contribution in [0.4, 0.5) is 0 Å². The molecule has 0 spiro atoms. The predicted molar refractivity (Wildman–Crippen MR) is 45.8 cm³/mol. The zero-order valence-corrected chi connectivity index (χ0v) is 10.5. The third kappa shape index (κ3) is 3.46. The molecule has 1 rings (SSSR count). The third-order valence-electron chi connectivity index (χ3n) is 1.65. The van der Waals surface area contributed by atoms with Crippen molar-refractivity contribution in [3.05, 3.63) is 0 Å². The van der Waals surface area contributed by atoms with E-state index in [0.717, 1.165) is 0 Å². The molecule has 0 bridgehead atoms. The Morgan fingerprint density at radius 2 is 1.69 bits per heavy atom. The molecule has 0 aromatic rings. The number of rotatable bonds is 1. The van der Waals surface area contributed by atoms with Gasteiger partial charge >= 0.3 is 0 Å². The monoisotopic (exact) mass is 239 g/mol. The van der Waals surface area contributed by atoms with Crippen LogP contribution in [-0.4, -0.2) is 78.9 Å². The Balaban J connectivity index is 0.00000144. The summed E-state index contributed by atoms with van der Waals surface area (Å²) in [4.78, 5) is 0. The fourth-order valence-electron chi connectivity index (χ4n) is 1.08. The van der Waals surface area contributed by atoms with Gasteiger partial charge < -0.3 is 5.11 Å². The first-order valence-corrected chi connectivity index (χ1v) is 6.39. The molecular weight excluding hydrogens is 231 g/mol. The molecule has 1 heterocycles. The second kappa shape index (κ2) is 4.13. The summed E-state index contributed by atoms with van der Waals surface area (Å²) in [6.07, 6.45) is -1.51. The first-order chi connectivity index (χ1) is 5.22. The molecule has 1 radical (unpaired) electrons. The topological polar surface area (TPSA) is 109 Å². The fourth-order valence-corrected chi connectivity index (χ4v) is 4.62. The van der Waals surface area contributed by atoms with E-state index in [-0.39, 0.29) is 29.6 Å². The van der Waals surface area contributed by atoms with Gasteiger partial charge in [-0.2, -0.15) is 8.42 Å². The summed E-state index contributed by atoms with van der Waals surface area (Å²) < 4.78 is 50.9. The van der Waals surface area contributed by atoms with Crippen LogP contribution in [0.3, 0.4) is 0 Å². The number of hydrogen-bond acceptors (Lipinski definition) is 5. The van der Waals surface area contributed by atoms with Crippen LogP contribution in [0.15, 0.2) is 0 Å². The Morgan fingerprint density at radius 1 is 1.23 bits per heavy atom. The predicted octanol–water partition coefficient (Wildman–Crippen LogP) is -2.35. The van der Waals surface area contributed by atoms with Crippen molar-refractivity contribution in [1.82, 2.24) is 0 Å². The van der Waals surface area contributed by atoms with Crippen molar-refractivity contribution in [1.29, 1.82) is 0 Å². The van der Waals surface area contributed by atoms with Crippen LogP contribution in [0.25, 0.3) is 0 Å². The zero-order chi connectivity index (χ0) is 9.57. The fraction of sp³-hybridized carbons (Fsp3) is 1.00. The van der Waals surface area contributed by atoms with Gasteiger partial charge in [0.2, 0.25) is 0 Å². The van der Waals surface area contributed by atoms with E-state index in [4.69, 9.17) is 9.66 Å². The normalized spacial score (nSPS) is 32.5. The van der Waals surface area contributed by atoms with Gasteiger partial charge in [-0.05, 0) is 0 Å². The zero-order valence-electron chi connectivity index (χ0n) is 6.91. The van der Waals surface area contributed by atoms with E-state index >= 15 is 0 Å². The number of aliphatic hydroxyl groups is 1. The molecule has 1 aliphatic heterocycles. The molecular formula is C4H8NaO6S2. The van der Waals surface area contributed by atoms with Crippen molar-refractivity contribution >= 4 is 49.5 Å². The maximum absolute atomic E-state index is 10.8. The SMILES string of the molecule is O=S1(=O)CC(O)C(S(=O)(=O)O)C1.[Na]. The van der Waals surface area contributed by atoms with Crippen LogP contribution in [0, 0.1) is 0 Å². The van der Waals surface area contributed by atoms with Crippen LogP contribution >= 0.6 is 0 Å². The summed E-state index contributed by atoms with van der Waals surface area (Å²) in [7, 11) is -7.97. The molecule has 0 aliphatic carbocycles. The first kappa shape index (κ1) is 13.8. The molecule has 0 aromatic carbocycles. The van der Waals surface area contributed by atoms with Crippen molar-refractivity contribution in [2.45, 2.75) is 11.4 Å². The molecule has 0 aromatic heterocycles. The van der Waals surface area contributed by atoms with Crippen LogP contribution in [-0.2, 0) is 20.0 Å². The minimum absolute atomic E-state index is 0. The molecule has 1 aliphatic rings. The van der Waals surface area contributed by atoms with Gasteiger partial charge in [0, 0.05) is 29.6 Å². The number of aliphatic hydroxyl groups excluding tert-OH is 1. The Kier molecular flexibility index (Phi) is 4.39. The van der Waals surface area contributed by atoms with Gasteiger partial charge in [0.1, 0.15) is 5.25 Å². The van der Waals surface area contributed by atoms with Gasteiger partial charge in [-0.15, -0.1) is 0 Å². The van der Waals surface area contributed by atoms with Crippen molar-refractivity contribution in [3.8, 4) is 0 Å². The third-order valence-corrected chi connectivity index (χ3v) is 4.83. The van der Waals surface area contributed by atoms with Crippen molar-refractivity contribution in [2.24, 2.45) is 0 Å². The van der Waals surface area contributed by atoms with E-state index in [1.807, 2.05) is 0 Å². The molecule has 13 heavy (non-hydrogen) atoms. The molecule has 9 heteroatoms. The number of sulfone groups is 1. The minimum Gasteiger partial charge on any atom is -0.391 e. The van der Waals surface area contributed by atoms with Crippen LogP contribution < -0.4 is 0 Å². The van der Waals surface area contributed by atoms with E-state index in [0.29, 0.717) is 0 Å². The van der Waals surface area contributed by atoms with E-state index in [9.17, 15) is 16.8 Å². The minimum atomic E-state index is -4.45. The maximum atomic E-state index is 10.8. The molecule has 0 amide bonds. The van der Waals surface area contributed by atoms with Gasteiger partial charge in [-0.3, -0.25) is 4.55 Å². The standard InChI is InChI=1S/C4H8O6S2.Na/c5-3-1-11(6,7)2-4(3)12(8,9)10;/h3-5H,1-2H2,(H,8,9,10);.